The average Bonchev–Trinajstić information content (AvgIpc) is 3.19. The van der Waals surface area contributed by atoms with Gasteiger partial charge in [0.15, 0.2) is 4.91 Å². The fourth-order valence-electron chi connectivity index (χ4n) is 3.12. The van der Waals surface area contributed by atoms with E-state index in [0.29, 0.717) is 27.7 Å². The second-order valence-electron chi connectivity index (χ2n) is 6.62. The molecule has 1 aliphatic heterocycles. The number of carbonyl (C=O) groups excluding carboxylic acids is 1. The van der Waals surface area contributed by atoms with Crippen LogP contribution in [0, 0.1) is 5.82 Å². The van der Waals surface area contributed by atoms with Crippen molar-refractivity contribution in [3.8, 4) is 0 Å². The number of benzene rings is 2. The lowest BCUT2D eigenvalue weighted by Gasteiger charge is -2.29. The summed E-state index contributed by atoms with van der Waals surface area (Å²) in [6.07, 6.45) is 1.23. The van der Waals surface area contributed by atoms with Gasteiger partial charge in [0.05, 0.1) is 12.2 Å². The molecule has 1 aromatic heterocycles. The zero-order valence-corrected chi connectivity index (χ0v) is 17.9. The smallest absolute Gasteiger partial charge is 0.270 e. The SMILES string of the molecule is O=C1C(=CNCc2ccc(Cl)cc2)S(=O)(=O)N(Cc2cccc(F)c2)c2ccsc21. The van der Waals surface area contributed by atoms with E-state index in [1.807, 2.05) is 0 Å². The number of hydrogen-bond acceptors (Lipinski definition) is 5. The second kappa shape index (κ2) is 8.22. The molecule has 1 N–H and O–H groups in total. The summed E-state index contributed by atoms with van der Waals surface area (Å²) in [5, 5.41) is 5.17. The summed E-state index contributed by atoms with van der Waals surface area (Å²) in [7, 11) is -4.12. The third-order valence-electron chi connectivity index (χ3n) is 4.58. The van der Waals surface area contributed by atoms with Crippen LogP contribution in [0.5, 0.6) is 0 Å². The normalized spacial score (nSPS) is 16.5. The van der Waals surface area contributed by atoms with Gasteiger partial charge in [0.1, 0.15) is 10.7 Å². The third-order valence-corrected chi connectivity index (χ3v) is 7.50. The zero-order chi connectivity index (χ0) is 21.3. The number of fused-ring (bicyclic) bond motifs is 1. The fourth-order valence-corrected chi connectivity index (χ4v) is 5.75. The highest BCUT2D eigenvalue weighted by Gasteiger charge is 2.41. The van der Waals surface area contributed by atoms with Gasteiger partial charge in [0.2, 0.25) is 5.78 Å². The van der Waals surface area contributed by atoms with Crippen LogP contribution in [-0.2, 0) is 23.1 Å². The Morgan fingerprint density at radius 1 is 1.10 bits per heavy atom. The van der Waals surface area contributed by atoms with Crippen LogP contribution in [0.15, 0.2) is 71.1 Å². The molecule has 0 unspecified atom stereocenters. The number of anilines is 1. The highest BCUT2D eigenvalue weighted by Crippen LogP contribution is 2.39. The first-order valence-electron chi connectivity index (χ1n) is 8.93. The van der Waals surface area contributed by atoms with Crippen molar-refractivity contribution >= 4 is 44.4 Å². The Kier molecular flexibility index (Phi) is 5.64. The molecule has 1 aliphatic rings. The number of ketones is 1. The lowest BCUT2D eigenvalue weighted by Crippen LogP contribution is -2.38. The maximum Gasteiger partial charge on any atom is 0.270 e. The molecule has 5 nitrogen and oxygen atoms in total. The van der Waals surface area contributed by atoms with E-state index >= 15 is 0 Å². The lowest BCUT2D eigenvalue weighted by atomic mass is 10.2. The Balaban J connectivity index is 1.66. The summed E-state index contributed by atoms with van der Waals surface area (Å²) < 4.78 is 41.2. The van der Waals surface area contributed by atoms with Crippen molar-refractivity contribution < 1.29 is 17.6 Å². The van der Waals surface area contributed by atoms with E-state index in [2.05, 4.69) is 5.32 Å². The zero-order valence-electron chi connectivity index (χ0n) is 15.5. The maximum absolute atomic E-state index is 13.6. The number of rotatable bonds is 5. The highest BCUT2D eigenvalue weighted by molar-refractivity contribution is 7.97. The van der Waals surface area contributed by atoms with Crippen LogP contribution in [0.4, 0.5) is 10.1 Å². The van der Waals surface area contributed by atoms with Crippen LogP contribution in [0.3, 0.4) is 0 Å². The summed E-state index contributed by atoms with van der Waals surface area (Å²) in [5.41, 5.74) is 1.67. The molecule has 4 rings (SSSR count). The number of thiophene rings is 1. The number of hydrogen-bond donors (Lipinski definition) is 1. The molecule has 0 atom stereocenters. The topological polar surface area (TPSA) is 66.5 Å². The van der Waals surface area contributed by atoms with Gasteiger partial charge in [-0.15, -0.1) is 11.3 Å². The minimum absolute atomic E-state index is 0.0777. The molecule has 0 saturated carbocycles. The molecule has 9 heteroatoms. The third kappa shape index (κ3) is 3.98. The summed E-state index contributed by atoms with van der Waals surface area (Å²) in [6, 6.07) is 14.4. The summed E-state index contributed by atoms with van der Waals surface area (Å²) in [5.74, 6) is -1.01. The van der Waals surface area contributed by atoms with E-state index in [1.165, 1.54) is 35.7 Å². The quantitative estimate of drug-likeness (QED) is 0.558. The molecule has 0 spiro atoms. The number of carbonyl (C=O) groups is 1. The molecule has 0 radical (unpaired) electrons. The summed E-state index contributed by atoms with van der Waals surface area (Å²) >= 11 is 7.04. The monoisotopic (exact) mass is 462 g/mol. The van der Waals surface area contributed by atoms with Crippen molar-refractivity contribution in [2.75, 3.05) is 4.31 Å². The lowest BCUT2D eigenvalue weighted by molar-refractivity contribution is 0.104. The predicted molar refractivity (Wildman–Crippen MR) is 117 cm³/mol. The van der Waals surface area contributed by atoms with Crippen LogP contribution in [0.1, 0.15) is 20.8 Å². The van der Waals surface area contributed by atoms with Crippen molar-refractivity contribution in [1.82, 2.24) is 5.32 Å². The van der Waals surface area contributed by atoms with Gasteiger partial charge in [-0.05, 0) is 46.8 Å². The van der Waals surface area contributed by atoms with Crippen LogP contribution in [0.25, 0.3) is 0 Å². The van der Waals surface area contributed by atoms with E-state index in [9.17, 15) is 17.6 Å². The molecular formula is C21H16ClFN2O3S2. The van der Waals surface area contributed by atoms with Crippen molar-refractivity contribution in [2.24, 2.45) is 0 Å². The molecule has 0 bridgehead atoms. The van der Waals surface area contributed by atoms with E-state index in [4.69, 9.17) is 11.6 Å². The Morgan fingerprint density at radius 3 is 2.60 bits per heavy atom. The van der Waals surface area contributed by atoms with Crippen LogP contribution < -0.4 is 9.62 Å². The van der Waals surface area contributed by atoms with Crippen LogP contribution in [-0.4, -0.2) is 14.2 Å². The molecule has 0 amide bonds. The first kappa shape index (κ1) is 20.6. The average molecular weight is 463 g/mol. The molecule has 0 saturated heterocycles. The predicted octanol–water partition coefficient (Wildman–Crippen LogP) is 4.70. The molecule has 3 aromatic rings. The minimum Gasteiger partial charge on any atom is -0.386 e. The molecule has 154 valence electrons. The molecule has 2 aromatic carbocycles. The van der Waals surface area contributed by atoms with E-state index in [1.54, 1.807) is 41.8 Å². The highest BCUT2D eigenvalue weighted by atomic mass is 35.5. The molecule has 30 heavy (non-hydrogen) atoms. The molecule has 0 aliphatic carbocycles. The molecule has 2 heterocycles. The van der Waals surface area contributed by atoms with Crippen molar-refractivity contribution in [3.63, 3.8) is 0 Å². The number of nitrogens with one attached hydrogen (secondary N) is 1. The van der Waals surface area contributed by atoms with Gasteiger partial charge in [0.25, 0.3) is 10.0 Å². The van der Waals surface area contributed by atoms with Crippen molar-refractivity contribution in [2.45, 2.75) is 13.1 Å². The first-order valence-corrected chi connectivity index (χ1v) is 11.6. The number of sulfonamides is 1. The molecule has 0 fully saturated rings. The Labute approximate surface area is 182 Å². The fraction of sp³-hybridized carbons (Fsp3) is 0.0952. The van der Waals surface area contributed by atoms with Gasteiger partial charge < -0.3 is 5.32 Å². The largest absolute Gasteiger partial charge is 0.386 e. The van der Waals surface area contributed by atoms with Crippen LogP contribution >= 0.6 is 22.9 Å². The maximum atomic E-state index is 13.6. The van der Waals surface area contributed by atoms with E-state index < -0.39 is 21.6 Å². The Bertz CT molecular complexity index is 1240. The van der Waals surface area contributed by atoms with Crippen LogP contribution in [0.2, 0.25) is 5.02 Å². The minimum atomic E-state index is -4.12. The Morgan fingerprint density at radius 2 is 1.87 bits per heavy atom. The molecular weight excluding hydrogens is 447 g/mol. The summed E-state index contributed by atoms with van der Waals surface area (Å²) in [6.45, 7) is 0.246. The van der Waals surface area contributed by atoms with Gasteiger partial charge >= 0.3 is 0 Å². The van der Waals surface area contributed by atoms with Gasteiger partial charge in [-0.2, -0.15) is 0 Å². The van der Waals surface area contributed by atoms with Gasteiger partial charge in [-0.25, -0.2) is 12.8 Å². The van der Waals surface area contributed by atoms with Gasteiger partial charge in [0, 0.05) is 17.8 Å². The van der Waals surface area contributed by atoms with E-state index in [0.717, 1.165) is 9.87 Å². The Hall–Kier alpha value is -2.68. The van der Waals surface area contributed by atoms with Gasteiger partial charge in [-0.1, -0.05) is 35.9 Å². The standard InChI is InChI=1S/C21H16ClFN2O3S2/c22-16-6-4-14(5-7-16)11-24-12-19-20(26)21-18(8-9-29-21)25(30(19,27)28)13-15-2-1-3-17(23)10-15/h1-10,12,24H,11,13H2. The number of halogens is 2. The number of nitrogens with zero attached hydrogens (tertiary/aromatic N) is 1. The first-order chi connectivity index (χ1) is 14.4. The summed E-state index contributed by atoms with van der Waals surface area (Å²) in [4.78, 5) is 12.8. The number of Topliss-reactive ketones (excluding diaryl/α,β-unsaturated/α-hetero) is 1. The van der Waals surface area contributed by atoms with Gasteiger partial charge in [-0.3, -0.25) is 9.10 Å². The van der Waals surface area contributed by atoms with Crippen molar-refractivity contribution in [1.29, 1.82) is 0 Å². The number of allylic oxidation sites excluding steroid dienone is 1. The second-order valence-corrected chi connectivity index (χ2v) is 9.80. The van der Waals surface area contributed by atoms with Crippen molar-refractivity contribution in [3.05, 3.63) is 97.9 Å². The van der Waals surface area contributed by atoms with E-state index in [-0.39, 0.29) is 11.4 Å².